The minimum atomic E-state index is -4.31. The highest BCUT2D eigenvalue weighted by Crippen LogP contribution is 2.38. The van der Waals surface area contributed by atoms with Crippen LogP contribution in [0.15, 0.2) is 18.2 Å². The minimum Gasteiger partial charge on any atom is -0.361 e. The molecule has 1 nitrogen and oxygen atoms in total. The highest BCUT2D eigenvalue weighted by Gasteiger charge is 2.33. The molecule has 1 aliphatic carbocycles. The summed E-state index contributed by atoms with van der Waals surface area (Å²) < 4.78 is 43.0. The van der Waals surface area contributed by atoms with E-state index >= 15 is 0 Å². The normalized spacial score (nSPS) is 18.8. The molecule has 1 atom stereocenters. The second kappa shape index (κ2) is 4.42. The first-order valence-corrected chi connectivity index (χ1v) is 5.27. The molecule has 0 aromatic heterocycles. The molecule has 1 aliphatic rings. The molecule has 1 unspecified atom stereocenters. The average Bonchev–Trinajstić information content (AvgIpc) is 2.67. The van der Waals surface area contributed by atoms with Crippen LogP contribution in [0.3, 0.4) is 0 Å². The Balaban J connectivity index is 2.28. The molecule has 0 saturated heterocycles. The molecule has 0 amide bonds. The summed E-state index contributed by atoms with van der Waals surface area (Å²) in [5.74, 6) is 2.33. The van der Waals surface area contributed by atoms with E-state index in [1.54, 1.807) is 0 Å². The van der Waals surface area contributed by atoms with Crippen molar-refractivity contribution in [1.82, 2.24) is 0 Å². The molecule has 0 fully saturated rings. The molecule has 0 saturated carbocycles. The van der Waals surface area contributed by atoms with Gasteiger partial charge in [-0.1, -0.05) is 12.0 Å². The maximum Gasteiger partial charge on any atom is 0.416 e. The molecule has 1 aromatic rings. The number of hydrogen-bond donors (Lipinski definition) is 0. The fourth-order valence-corrected chi connectivity index (χ4v) is 2.06. The van der Waals surface area contributed by atoms with E-state index in [1.807, 2.05) is 0 Å². The Morgan fingerprint density at radius 2 is 2.18 bits per heavy atom. The number of halogens is 3. The summed E-state index contributed by atoms with van der Waals surface area (Å²) in [6.45, 7) is 0.125. The topological polar surface area (TPSA) is 9.23 Å². The summed E-state index contributed by atoms with van der Waals surface area (Å²) in [6.07, 6.45) is 1.89. The lowest BCUT2D eigenvalue weighted by Crippen LogP contribution is -2.07. The Bertz CT molecular complexity index is 457. The Morgan fingerprint density at radius 3 is 2.82 bits per heavy atom. The van der Waals surface area contributed by atoms with E-state index in [9.17, 15) is 13.2 Å². The molecule has 0 spiro atoms. The number of aryl methyl sites for hydroxylation is 1. The van der Waals surface area contributed by atoms with E-state index in [4.69, 9.17) is 11.2 Å². The zero-order valence-electron chi connectivity index (χ0n) is 9.05. The lowest BCUT2D eigenvalue weighted by molar-refractivity contribution is -0.137. The van der Waals surface area contributed by atoms with Gasteiger partial charge in [0.2, 0.25) is 0 Å². The summed E-state index contributed by atoms with van der Waals surface area (Å²) in [7, 11) is 0. The number of ether oxygens (including phenoxy) is 1. The molecular formula is C13H11F3O. The van der Waals surface area contributed by atoms with Crippen LogP contribution in [0.4, 0.5) is 13.2 Å². The van der Waals surface area contributed by atoms with Gasteiger partial charge in [0.1, 0.15) is 6.61 Å². The summed E-state index contributed by atoms with van der Waals surface area (Å²) in [5.41, 5.74) is 0.905. The first-order chi connectivity index (χ1) is 8.02. The number of fused-ring (bicyclic) bond motifs is 1. The largest absolute Gasteiger partial charge is 0.416 e. The molecule has 2 rings (SSSR count). The highest BCUT2D eigenvalue weighted by molar-refractivity contribution is 5.38. The molecule has 4 heteroatoms. The number of alkyl halides is 3. The van der Waals surface area contributed by atoms with Gasteiger partial charge in [-0.3, -0.25) is 0 Å². The van der Waals surface area contributed by atoms with Crippen molar-refractivity contribution in [1.29, 1.82) is 0 Å². The summed E-state index contributed by atoms with van der Waals surface area (Å²) in [5, 5.41) is 0. The van der Waals surface area contributed by atoms with Gasteiger partial charge in [0, 0.05) is 0 Å². The number of rotatable bonds is 2. The molecule has 0 radical (unpaired) electrons. The van der Waals surface area contributed by atoms with Gasteiger partial charge in [-0.15, -0.1) is 6.42 Å². The zero-order valence-corrected chi connectivity index (χ0v) is 9.05. The van der Waals surface area contributed by atoms with Crippen molar-refractivity contribution in [2.75, 3.05) is 6.61 Å². The van der Waals surface area contributed by atoms with Crippen molar-refractivity contribution in [3.63, 3.8) is 0 Å². The standard InChI is InChI=1S/C13H11F3O/c1-2-7-17-12-6-4-9-3-5-10(8-11(9)12)13(14,15)16/h1,3,5,8,12H,4,6-7H2. The van der Waals surface area contributed by atoms with Gasteiger partial charge in [-0.05, 0) is 36.1 Å². The van der Waals surface area contributed by atoms with Crippen molar-refractivity contribution >= 4 is 0 Å². The van der Waals surface area contributed by atoms with Gasteiger partial charge in [0.15, 0.2) is 0 Å². The van der Waals surface area contributed by atoms with Crippen LogP contribution in [0.25, 0.3) is 0 Å². The summed E-state index contributed by atoms with van der Waals surface area (Å²) in [4.78, 5) is 0. The van der Waals surface area contributed by atoms with Crippen LogP contribution >= 0.6 is 0 Å². The Labute approximate surface area is 97.6 Å². The number of terminal acetylenes is 1. The van der Waals surface area contributed by atoms with Crippen molar-refractivity contribution in [3.05, 3.63) is 34.9 Å². The van der Waals surface area contributed by atoms with E-state index in [0.717, 1.165) is 18.1 Å². The monoisotopic (exact) mass is 240 g/mol. The fourth-order valence-electron chi connectivity index (χ4n) is 2.06. The van der Waals surface area contributed by atoms with E-state index in [0.29, 0.717) is 12.0 Å². The fraction of sp³-hybridized carbons (Fsp3) is 0.385. The van der Waals surface area contributed by atoms with Crippen molar-refractivity contribution in [2.45, 2.75) is 25.1 Å². The molecule has 17 heavy (non-hydrogen) atoms. The third-order valence-corrected chi connectivity index (χ3v) is 2.86. The SMILES string of the molecule is C#CCOC1CCc2ccc(C(F)(F)F)cc21. The number of hydrogen-bond acceptors (Lipinski definition) is 1. The first-order valence-electron chi connectivity index (χ1n) is 5.27. The third kappa shape index (κ3) is 2.45. The van der Waals surface area contributed by atoms with Crippen LogP contribution in [0.1, 0.15) is 29.2 Å². The smallest absolute Gasteiger partial charge is 0.361 e. The average molecular weight is 240 g/mol. The molecule has 1 aromatic carbocycles. The number of benzene rings is 1. The van der Waals surface area contributed by atoms with Crippen LogP contribution in [-0.4, -0.2) is 6.61 Å². The van der Waals surface area contributed by atoms with Gasteiger partial charge in [-0.25, -0.2) is 0 Å². The Morgan fingerprint density at radius 1 is 1.41 bits per heavy atom. The van der Waals surface area contributed by atoms with Crippen molar-refractivity contribution in [3.8, 4) is 12.3 Å². The lowest BCUT2D eigenvalue weighted by atomic mass is 10.1. The highest BCUT2D eigenvalue weighted by atomic mass is 19.4. The Hall–Kier alpha value is -1.47. The molecule has 0 heterocycles. The second-order valence-electron chi connectivity index (χ2n) is 3.95. The van der Waals surface area contributed by atoms with E-state index < -0.39 is 11.7 Å². The molecule has 0 N–H and O–H groups in total. The van der Waals surface area contributed by atoms with Crippen LogP contribution in [0.2, 0.25) is 0 Å². The van der Waals surface area contributed by atoms with E-state index in [2.05, 4.69) is 5.92 Å². The van der Waals surface area contributed by atoms with E-state index in [1.165, 1.54) is 12.1 Å². The molecule has 0 bridgehead atoms. The maximum absolute atomic E-state index is 12.6. The van der Waals surface area contributed by atoms with Crippen LogP contribution in [-0.2, 0) is 17.3 Å². The van der Waals surface area contributed by atoms with Crippen molar-refractivity contribution in [2.24, 2.45) is 0 Å². The second-order valence-corrected chi connectivity index (χ2v) is 3.95. The summed E-state index contributed by atoms with van der Waals surface area (Å²) in [6, 6.07) is 3.81. The van der Waals surface area contributed by atoms with Crippen LogP contribution < -0.4 is 0 Å². The van der Waals surface area contributed by atoms with Gasteiger partial charge in [0.05, 0.1) is 11.7 Å². The lowest BCUT2D eigenvalue weighted by Gasteiger charge is -2.13. The minimum absolute atomic E-state index is 0.125. The van der Waals surface area contributed by atoms with Crippen LogP contribution in [0, 0.1) is 12.3 Å². The van der Waals surface area contributed by atoms with Gasteiger partial charge < -0.3 is 4.74 Å². The predicted octanol–water partition coefficient (Wildman–Crippen LogP) is 3.34. The molecular weight excluding hydrogens is 229 g/mol. The molecule has 90 valence electrons. The quantitative estimate of drug-likeness (QED) is 0.720. The van der Waals surface area contributed by atoms with Gasteiger partial charge >= 0.3 is 6.18 Å². The van der Waals surface area contributed by atoms with Gasteiger partial charge in [-0.2, -0.15) is 13.2 Å². The predicted molar refractivity (Wildman–Crippen MR) is 57.3 cm³/mol. The first kappa shape index (κ1) is 12.0. The Kier molecular flexibility index (Phi) is 3.12. The maximum atomic E-state index is 12.6. The zero-order chi connectivity index (χ0) is 12.5. The third-order valence-electron chi connectivity index (χ3n) is 2.86. The van der Waals surface area contributed by atoms with Gasteiger partial charge in [0.25, 0.3) is 0 Å². The molecule has 0 aliphatic heterocycles. The van der Waals surface area contributed by atoms with Crippen LogP contribution in [0.5, 0.6) is 0 Å². The van der Waals surface area contributed by atoms with E-state index in [-0.39, 0.29) is 12.7 Å². The summed E-state index contributed by atoms with van der Waals surface area (Å²) >= 11 is 0. The van der Waals surface area contributed by atoms with Crippen molar-refractivity contribution < 1.29 is 17.9 Å².